The van der Waals surface area contributed by atoms with Crippen molar-refractivity contribution in [2.24, 2.45) is 0 Å². The van der Waals surface area contributed by atoms with Crippen LogP contribution in [0.25, 0.3) is 0 Å². The minimum absolute atomic E-state index is 0.0268. The van der Waals surface area contributed by atoms with Gasteiger partial charge in [-0.05, 0) is 31.4 Å². The molecule has 0 amide bonds. The van der Waals surface area contributed by atoms with E-state index in [1.165, 1.54) is 12.1 Å². The van der Waals surface area contributed by atoms with Gasteiger partial charge in [-0.25, -0.2) is 4.79 Å². The largest absolute Gasteiger partial charge is 0.487 e. The van der Waals surface area contributed by atoms with Crippen molar-refractivity contribution in [2.75, 3.05) is 0 Å². The second-order valence-electron chi connectivity index (χ2n) is 6.36. The van der Waals surface area contributed by atoms with E-state index in [2.05, 4.69) is 0 Å². The minimum atomic E-state index is -0.978. The lowest BCUT2D eigenvalue weighted by molar-refractivity contribution is -0.384. The molecule has 0 saturated heterocycles. The molecule has 0 spiro atoms. The number of nitrogens with zero attached hydrogens (tertiary/aromatic N) is 1. The van der Waals surface area contributed by atoms with Crippen LogP contribution in [0.5, 0.6) is 5.75 Å². The zero-order valence-corrected chi connectivity index (χ0v) is 14.2. The first-order chi connectivity index (χ1) is 11.8. The summed E-state index contributed by atoms with van der Waals surface area (Å²) in [7, 11) is 0. The maximum Gasteiger partial charge on any atom is 0.335 e. The molecule has 25 heavy (non-hydrogen) atoms. The normalized spacial score (nSPS) is 19.0. The third kappa shape index (κ3) is 3.44. The zero-order chi connectivity index (χ0) is 18.2. The molecule has 0 saturated carbocycles. The summed E-state index contributed by atoms with van der Waals surface area (Å²) in [6, 6.07) is 9.74. The summed E-state index contributed by atoms with van der Waals surface area (Å²) in [5, 5.41) is 20.4. The number of ether oxygens (including phenoxy) is 1. The molecule has 130 valence electrons. The van der Waals surface area contributed by atoms with Crippen LogP contribution >= 0.6 is 11.6 Å². The van der Waals surface area contributed by atoms with E-state index in [4.69, 9.17) is 16.3 Å². The van der Waals surface area contributed by atoms with Crippen LogP contribution in [0.15, 0.2) is 36.4 Å². The lowest BCUT2D eigenvalue weighted by atomic mass is 9.85. The number of halogens is 1. The summed E-state index contributed by atoms with van der Waals surface area (Å²) in [6.07, 6.45) is 1.63. The van der Waals surface area contributed by atoms with Gasteiger partial charge in [0.1, 0.15) is 16.4 Å². The lowest BCUT2D eigenvalue weighted by Gasteiger charge is -2.36. The number of carboxylic acids is 1. The Balaban J connectivity index is 1.90. The number of aryl methyl sites for hydroxylation is 1. The summed E-state index contributed by atoms with van der Waals surface area (Å²) < 4.78 is 6.07. The van der Waals surface area contributed by atoms with Crippen LogP contribution in [0.4, 0.5) is 5.69 Å². The van der Waals surface area contributed by atoms with Gasteiger partial charge in [-0.1, -0.05) is 29.8 Å². The number of rotatable bonds is 4. The Kier molecular flexibility index (Phi) is 4.39. The molecule has 6 nitrogen and oxygen atoms in total. The SMILES string of the molecule is CC1(Cc2ccccc2C(=O)O)CCc2cc([N+](=O)[O-])c(Cl)cc2O1. The average molecular weight is 362 g/mol. The highest BCUT2D eigenvalue weighted by molar-refractivity contribution is 6.32. The monoisotopic (exact) mass is 361 g/mol. The third-order valence-electron chi connectivity index (χ3n) is 4.42. The molecule has 1 aliphatic rings. The molecule has 1 atom stereocenters. The summed E-state index contributed by atoms with van der Waals surface area (Å²) in [5.74, 6) is -0.466. The van der Waals surface area contributed by atoms with Crippen molar-refractivity contribution >= 4 is 23.3 Å². The summed E-state index contributed by atoms with van der Waals surface area (Å²) in [6.45, 7) is 1.91. The topological polar surface area (TPSA) is 89.7 Å². The van der Waals surface area contributed by atoms with Gasteiger partial charge in [0.15, 0.2) is 0 Å². The molecule has 0 radical (unpaired) electrons. The molecule has 1 heterocycles. The van der Waals surface area contributed by atoms with E-state index in [1.807, 2.05) is 6.92 Å². The van der Waals surface area contributed by atoms with Crippen molar-refractivity contribution in [3.63, 3.8) is 0 Å². The van der Waals surface area contributed by atoms with Crippen LogP contribution < -0.4 is 4.74 Å². The van der Waals surface area contributed by atoms with Crippen LogP contribution in [-0.2, 0) is 12.8 Å². The predicted octanol–water partition coefficient (Wildman–Crippen LogP) is 4.27. The molecular formula is C18H16ClNO5. The van der Waals surface area contributed by atoms with Crippen LogP contribution in [0.1, 0.15) is 34.8 Å². The molecule has 0 bridgehead atoms. The zero-order valence-electron chi connectivity index (χ0n) is 13.5. The average Bonchev–Trinajstić information content (AvgIpc) is 2.53. The van der Waals surface area contributed by atoms with Gasteiger partial charge in [0.05, 0.1) is 10.5 Å². The number of carboxylic acid groups (broad SMARTS) is 1. The standard InChI is InChI=1S/C18H16ClNO5/c1-18(10-12-4-2-3-5-13(12)17(21)22)7-6-11-8-15(20(23)24)14(19)9-16(11)25-18/h2-5,8-9H,6-7,10H2,1H3,(H,21,22). The van der Waals surface area contributed by atoms with Crippen LogP contribution in [0.2, 0.25) is 5.02 Å². The highest BCUT2D eigenvalue weighted by Gasteiger charge is 2.34. The highest BCUT2D eigenvalue weighted by atomic mass is 35.5. The van der Waals surface area contributed by atoms with E-state index in [0.29, 0.717) is 30.6 Å². The van der Waals surface area contributed by atoms with Crippen molar-refractivity contribution in [1.82, 2.24) is 0 Å². The van der Waals surface area contributed by atoms with E-state index < -0.39 is 16.5 Å². The van der Waals surface area contributed by atoms with Crippen molar-refractivity contribution in [2.45, 2.75) is 31.8 Å². The Labute approximate surface area is 149 Å². The van der Waals surface area contributed by atoms with Crippen LogP contribution in [0.3, 0.4) is 0 Å². The van der Waals surface area contributed by atoms with Crippen molar-refractivity contribution in [1.29, 1.82) is 0 Å². The Hall–Kier alpha value is -2.60. The highest BCUT2D eigenvalue weighted by Crippen LogP contribution is 2.40. The van der Waals surface area contributed by atoms with Gasteiger partial charge in [0.2, 0.25) is 0 Å². The fourth-order valence-corrected chi connectivity index (χ4v) is 3.37. The molecule has 7 heteroatoms. The van der Waals surface area contributed by atoms with Gasteiger partial charge >= 0.3 is 5.97 Å². The molecule has 2 aromatic carbocycles. The van der Waals surface area contributed by atoms with Gasteiger partial charge in [0, 0.05) is 24.1 Å². The van der Waals surface area contributed by atoms with E-state index >= 15 is 0 Å². The number of hydrogen-bond acceptors (Lipinski definition) is 4. The van der Waals surface area contributed by atoms with E-state index in [1.54, 1.807) is 24.3 Å². The van der Waals surface area contributed by atoms with Gasteiger partial charge in [-0.15, -0.1) is 0 Å². The molecular weight excluding hydrogens is 346 g/mol. The number of hydrogen-bond donors (Lipinski definition) is 1. The van der Waals surface area contributed by atoms with Crippen molar-refractivity contribution < 1.29 is 19.6 Å². The fourth-order valence-electron chi connectivity index (χ4n) is 3.14. The summed E-state index contributed by atoms with van der Waals surface area (Å²) in [5.41, 5.74) is 0.927. The molecule has 3 rings (SSSR count). The first-order valence-corrected chi connectivity index (χ1v) is 8.14. The Morgan fingerprint density at radius 3 is 2.80 bits per heavy atom. The predicted molar refractivity (Wildman–Crippen MR) is 92.6 cm³/mol. The minimum Gasteiger partial charge on any atom is -0.487 e. The van der Waals surface area contributed by atoms with Gasteiger partial charge in [-0.2, -0.15) is 0 Å². The van der Waals surface area contributed by atoms with E-state index in [-0.39, 0.29) is 16.3 Å². The van der Waals surface area contributed by atoms with Gasteiger partial charge in [0.25, 0.3) is 5.69 Å². The lowest BCUT2D eigenvalue weighted by Crippen LogP contribution is -2.39. The molecule has 2 aromatic rings. The number of aromatic carboxylic acids is 1. The number of carbonyl (C=O) groups is 1. The first kappa shape index (κ1) is 17.2. The Bertz CT molecular complexity index is 867. The molecule has 1 N–H and O–H groups in total. The number of fused-ring (bicyclic) bond motifs is 1. The molecule has 0 aliphatic carbocycles. The maximum atomic E-state index is 11.4. The second kappa shape index (κ2) is 6.37. The van der Waals surface area contributed by atoms with Gasteiger partial charge in [-0.3, -0.25) is 10.1 Å². The molecule has 1 aliphatic heterocycles. The van der Waals surface area contributed by atoms with E-state index in [9.17, 15) is 20.0 Å². The van der Waals surface area contributed by atoms with Crippen molar-refractivity contribution in [3.8, 4) is 5.75 Å². The summed E-state index contributed by atoms with van der Waals surface area (Å²) in [4.78, 5) is 21.9. The van der Waals surface area contributed by atoms with Gasteiger partial charge < -0.3 is 9.84 Å². The smallest absolute Gasteiger partial charge is 0.335 e. The third-order valence-corrected chi connectivity index (χ3v) is 4.72. The fraction of sp³-hybridized carbons (Fsp3) is 0.278. The second-order valence-corrected chi connectivity index (χ2v) is 6.77. The first-order valence-electron chi connectivity index (χ1n) is 7.76. The molecule has 0 aromatic heterocycles. The Morgan fingerprint density at radius 2 is 2.12 bits per heavy atom. The quantitative estimate of drug-likeness (QED) is 0.648. The summed E-state index contributed by atoms with van der Waals surface area (Å²) >= 11 is 5.98. The number of nitro benzene ring substituents is 1. The maximum absolute atomic E-state index is 11.4. The Morgan fingerprint density at radius 1 is 1.40 bits per heavy atom. The number of benzene rings is 2. The number of nitro groups is 1. The van der Waals surface area contributed by atoms with Crippen LogP contribution in [-0.4, -0.2) is 21.6 Å². The van der Waals surface area contributed by atoms with Crippen LogP contribution in [0, 0.1) is 10.1 Å². The van der Waals surface area contributed by atoms with E-state index in [0.717, 1.165) is 5.56 Å². The molecule has 0 fully saturated rings. The molecule has 1 unspecified atom stereocenters. The van der Waals surface area contributed by atoms with Crippen molar-refractivity contribution in [3.05, 3.63) is 68.2 Å².